The molecule has 3 nitrogen and oxygen atoms in total. The summed E-state index contributed by atoms with van der Waals surface area (Å²) in [6.45, 7) is 0. The molecule has 2 rings (SSSR count). The zero-order chi connectivity index (χ0) is 10.1. The maximum absolute atomic E-state index is 13.5. The lowest BCUT2D eigenvalue weighted by Gasteiger charge is -2.17. The van der Waals surface area contributed by atoms with E-state index >= 15 is 0 Å². The topological polar surface area (TPSA) is 58.6 Å². The first-order chi connectivity index (χ1) is 6.74. The van der Waals surface area contributed by atoms with E-state index in [0.29, 0.717) is 29.7 Å². The van der Waals surface area contributed by atoms with Crippen molar-refractivity contribution in [3.63, 3.8) is 0 Å². The Labute approximate surface area is 81.0 Å². The largest absolute Gasteiger partial charge is 0.411 e. The minimum absolute atomic E-state index is 0.155. The normalized spacial score (nSPS) is 18.2. The molecule has 4 heteroatoms. The highest BCUT2D eigenvalue weighted by Crippen LogP contribution is 2.27. The Bertz CT molecular complexity index is 401. The lowest BCUT2D eigenvalue weighted by molar-refractivity contribution is 0.317. The van der Waals surface area contributed by atoms with Crippen LogP contribution in [0, 0.1) is 5.82 Å². The molecule has 1 aromatic carbocycles. The van der Waals surface area contributed by atoms with Gasteiger partial charge in [-0.3, -0.25) is 0 Å². The van der Waals surface area contributed by atoms with Crippen LogP contribution in [0.4, 0.5) is 10.1 Å². The van der Waals surface area contributed by atoms with Crippen LogP contribution in [-0.4, -0.2) is 10.9 Å². The van der Waals surface area contributed by atoms with Gasteiger partial charge < -0.3 is 10.9 Å². The molecule has 0 saturated carbocycles. The number of oxime groups is 1. The van der Waals surface area contributed by atoms with Crippen molar-refractivity contribution < 1.29 is 9.60 Å². The van der Waals surface area contributed by atoms with E-state index in [-0.39, 0.29) is 11.5 Å². The lowest BCUT2D eigenvalue weighted by atomic mass is 9.89. The van der Waals surface area contributed by atoms with Crippen molar-refractivity contribution in [3.05, 3.63) is 29.1 Å². The third-order valence-corrected chi connectivity index (χ3v) is 2.55. The van der Waals surface area contributed by atoms with E-state index in [2.05, 4.69) is 5.16 Å². The van der Waals surface area contributed by atoms with Gasteiger partial charge in [0.15, 0.2) is 0 Å². The summed E-state index contributed by atoms with van der Waals surface area (Å²) in [4.78, 5) is 0. The second-order valence-corrected chi connectivity index (χ2v) is 3.40. The predicted molar refractivity (Wildman–Crippen MR) is 52.1 cm³/mol. The van der Waals surface area contributed by atoms with Gasteiger partial charge in [-0.25, -0.2) is 4.39 Å². The fourth-order valence-electron chi connectivity index (χ4n) is 1.83. The minimum Gasteiger partial charge on any atom is -0.411 e. The van der Waals surface area contributed by atoms with Gasteiger partial charge in [0.05, 0.1) is 11.4 Å². The van der Waals surface area contributed by atoms with Gasteiger partial charge in [-0.05, 0) is 30.9 Å². The Hall–Kier alpha value is -1.58. The molecule has 0 unspecified atom stereocenters. The third kappa shape index (κ3) is 1.23. The number of nitrogen functional groups attached to an aromatic ring is 1. The quantitative estimate of drug-likeness (QED) is 0.376. The summed E-state index contributed by atoms with van der Waals surface area (Å²) in [5.41, 5.74) is 7.41. The van der Waals surface area contributed by atoms with Crippen LogP contribution in [0.15, 0.2) is 17.3 Å². The SMILES string of the molecule is Nc1ccc2c(c1F)CCC/C2=N\O. The van der Waals surface area contributed by atoms with Crippen LogP contribution in [-0.2, 0) is 6.42 Å². The Morgan fingerprint density at radius 1 is 1.36 bits per heavy atom. The number of rotatable bonds is 0. The molecule has 1 aromatic rings. The van der Waals surface area contributed by atoms with Gasteiger partial charge in [-0.15, -0.1) is 0 Å². The van der Waals surface area contributed by atoms with Gasteiger partial charge in [0, 0.05) is 5.56 Å². The van der Waals surface area contributed by atoms with Crippen molar-refractivity contribution in [2.24, 2.45) is 5.16 Å². The summed E-state index contributed by atoms with van der Waals surface area (Å²) in [6, 6.07) is 3.21. The Morgan fingerprint density at radius 3 is 2.86 bits per heavy atom. The van der Waals surface area contributed by atoms with E-state index in [1.165, 1.54) is 6.07 Å². The van der Waals surface area contributed by atoms with Gasteiger partial charge in [0.2, 0.25) is 0 Å². The monoisotopic (exact) mass is 194 g/mol. The van der Waals surface area contributed by atoms with E-state index < -0.39 is 0 Å². The smallest absolute Gasteiger partial charge is 0.149 e. The standard InChI is InChI=1S/C10H11FN2O/c11-10-7-2-1-3-9(13-14)6(7)4-5-8(10)12/h4-5,14H,1-3,12H2/b13-9+. The molecule has 0 bridgehead atoms. The molecule has 0 aliphatic heterocycles. The van der Waals surface area contributed by atoms with Crippen LogP contribution >= 0.6 is 0 Å². The number of fused-ring (bicyclic) bond motifs is 1. The van der Waals surface area contributed by atoms with Crippen molar-refractivity contribution in [2.75, 3.05) is 5.73 Å². The summed E-state index contributed by atoms with van der Waals surface area (Å²) in [5.74, 6) is -0.372. The number of nitrogens with two attached hydrogens (primary N) is 1. The molecule has 0 radical (unpaired) electrons. The van der Waals surface area contributed by atoms with Crippen molar-refractivity contribution in [3.8, 4) is 0 Å². The number of benzene rings is 1. The molecule has 3 N–H and O–H groups in total. The average molecular weight is 194 g/mol. The van der Waals surface area contributed by atoms with Crippen LogP contribution in [0.1, 0.15) is 24.0 Å². The summed E-state index contributed by atoms with van der Waals surface area (Å²) < 4.78 is 13.5. The van der Waals surface area contributed by atoms with Crippen molar-refractivity contribution >= 4 is 11.4 Å². The number of hydrogen-bond donors (Lipinski definition) is 2. The summed E-state index contributed by atoms with van der Waals surface area (Å²) >= 11 is 0. The number of halogens is 1. The Kier molecular flexibility index (Phi) is 2.11. The Balaban J connectivity index is 2.62. The van der Waals surface area contributed by atoms with Crippen LogP contribution < -0.4 is 5.73 Å². The predicted octanol–water partition coefficient (Wildman–Crippen LogP) is 1.92. The molecule has 1 aliphatic rings. The zero-order valence-corrected chi connectivity index (χ0v) is 7.63. The highest BCUT2D eigenvalue weighted by atomic mass is 19.1. The van der Waals surface area contributed by atoms with Gasteiger partial charge >= 0.3 is 0 Å². The van der Waals surface area contributed by atoms with Crippen molar-refractivity contribution in [1.82, 2.24) is 0 Å². The van der Waals surface area contributed by atoms with Crippen LogP contribution in [0.5, 0.6) is 0 Å². The molecule has 0 spiro atoms. The second kappa shape index (κ2) is 3.29. The summed E-state index contributed by atoms with van der Waals surface area (Å²) in [7, 11) is 0. The van der Waals surface area contributed by atoms with Gasteiger partial charge in [-0.1, -0.05) is 11.2 Å². The fraction of sp³-hybridized carbons (Fsp3) is 0.300. The first-order valence-corrected chi connectivity index (χ1v) is 4.52. The number of anilines is 1. The first kappa shape index (κ1) is 8.99. The van der Waals surface area contributed by atoms with Gasteiger partial charge in [-0.2, -0.15) is 0 Å². The van der Waals surface area contributed by atoms with E-state index in [1.807, 2.05) is 0 Å². The molecule has 14 heavy (non-hydrogen) atoms. The maximum Gasteiger partial charge on any atom is 0.149 e. The number of nitrogens with zero attached hydrogens (tertiary/aromatic N) is 1. The molecule has 0 aromatic heterocycles. The van der Waals surface area contributed by atoms with Crippen LogP contribution in [0.2, 0.25) is 0 Å². The van der Waals surface area contributed by atoms with Crippen LogP contribution in [0.3, 0.4) is 0 Å². The Morgan fingerprint density at radius 2 is 2.14 bits per heavy atom. The average Bonchev–Trinajstić information content (AvgIpc) is 2.23. The van der Waals surface area contributed by atoms with Crippen molar-refractivity contribution in [1.29, 1.82) is 0 Å². The van der Waals surface area contributed by atoms with Gasteiger partial charge in [0.1, 0.15) is 5.82 Å². The molecule has 0 fully saturated rings. The lowest BCUT2D eigenvalue weighted by Crippen LogP contribution is -2.14. The highest BCUT2D eigenvalue weighted by Gasteiger charge is 2.20. The molecule has 0 amide bonds. The first-order valence-electron chi connectivity index (χ1n) is 4.52. The van der Waals surface area contributed by atoms with E-state index in [4.69, 9.17) is 10.9 Å². The minimum atomic E-state index is -0.372. The molecule has 0 atom stereocenters. The number of hydrogen-bond acceptors (Lipinski definition) is 3. The van der Waals surface area contributed by atoms with E-state index in [0.717, 1.165) is 6.42 Å². The molecular weight excluding hydrogens is 183 g/mol. The molecule has 0 saturated heterocycles. The molecule has 74 valence electrons. The second-order valence-electron chi connectivity index (χ2n) is 3.40. The fourth-order valence-corrected chi connectivity index (χ4v) is 1.83. The van der Waals surface area contributed by atoms with E-state index in [9.17, 15) is 4.39 Å². The highest BCUT2D eigenvalue weighted by molar-refractivity contribution is 6.02. The molecule has 1 aliphatic carbocycles. The summed E-state index contributed by atoms with van der Waals surface area (Å²) in [6.07, 6.45) is 2.14. The maximum atomic E-state index is 13.5. The molecular formula is C10H11FN2O. The van der Waals surface area contributed by atoms with Gasteiger partial charge in [0.25, 0.3) is 0 Å². The van der Waals surface area contributed by atoms with E-state index in [1.54, 1.807) is 6.07 Å². The third-order valence-electron chi connectivity index (χ3n) is 2.55. The van der Waals surface area contributed by atoms with Crippen molar-refractivity contribution in [2.45, 2.75) is 19.3 Å². The summed E-state index contributed by atoms with van der Waals surface area (Å²) in [5, 5.41) is 11.9. The zero-order valence-electron chi connectivity index (χ0n) is 7.63. The van der Waals surface area contributed by atoms with Crippen LogP contribution in [0.25, 0.3) is 0 Å². The molecule has 0 heterocycles.